The zero-order chi connectivity index (χ0) is 15.2. The molecule has 21 heavy (non-hydrogen) atoms. The monoisotopic (exact) mass is 289 g/mol. The maximum atomic E-state index is 12.3. The quantitative estimate of drug-likeness (QED) is 0.875. The Morgan fingerprint density at radius 3 is 2.33 bits per heavy atom. The molecule has 114 valence electrons. The zero-order valence-electron chi connectivity index (χ0n) is 12.4. The maximum absolute atomic E-state index is 12.3. The number of hydrogen-bond donors (Lipinski definition) is 2. The first-order chi connectivity index (χ1) is 10.1. The van der Waals surface area contributed by atoms with Crippen LogP contribution in [0.1, 0.15) is 50.6 Å². The van der Waals surface area contributed by atoms with Gasteiger partial charge in [0.1, 0.15) is 0 Å². The molecule has 0 aliphatic heterocycles. The summed E-state index contributed by atoms with van der Waals surface area (Å²) in [5.74, 6) is -0.464. The molecule has 1 aliphatic carbocycles. The highest BCUT2D eigenvalue weighted by Gasteiger charge is 2.29. The zero-order valence-corrected chi connectivity index (χ0v) is 12.4. The molecule has 0 bridgehead atoms. The lowest BCUT2D eigenvalue weighted by Crippen LogP contribution is -2.39. The van der Waals surface area contributed by atoms with Gasteiger partial charge < -0.3 is 10.4 Å². The van der Waals surface area contributed by atoms with Crippen LogP contribution in [0.25, 0.3) is 0 Å². The van der Waals surface area contributed by atoms with Crippen LogP contribution in [0, 0.1) is 11.8 Å². The van der Waals surface area contributed by atoms with Crippen LogP contribution in [0.4, 0.5) is 0 Å². The molecule has 0 unspecified atom stereocenters. The van der Waals surface area contributed by atoms with Crippen molar-refractivity contribution in [2.45, 2.75) is 45.1 Å². The highest BCUT2D eigenvalue weighted by molar-refractivity contribution is 5.85. The average Bonchev–Trinajstić information content (AvgIpc) is 2.53. The summed E-state index contributed by atoms with van der Waals surface area (Å²) in [5, 5.41) is 12.0. The molecule has 1 aliphatic rings. The number of carboxylic acid groups (broad SMARTS) is 1. The van der Waals surface area contributed by atoms with Gasteiger partial charge >= 0.3 is 5.97 Å². The minimum absolute atomic E-state index is 0.0432. The smallest absolute Gasteiger partial charge is 0.330 e. The predicted molar refractivity (Wildman–Crippen MR) is 80.7 cm³/mol. The van der Waals surface area contributed by atoms with Crippen LogP contribution < -0.4 is 5.32 Å². The first-order valence-electron chi connectivity index (χ1n) is 7.70. The van der Waals surface area contributed by atoms with Crippen molar-refractivity contribution in [1.82, 2.24) is 5.32 Å². The van der Waals surface area contributed by atoms with Gasteiger partial charge in [-0.3, -0.25) is 4.79 Å². The SMILES string of the molecule is CCC1CCC(C(=O)N[C@H](C(=O)O)c2ccccc2)CC1. The second-order valence-electron chi connectivity index (χ2n) is 5.82. The van der Waals surface area contributed by atoms with Crippen molar-refractivity contribution in [2.24, 2.45) is 11.8 Å². The van der Waals surface area contributed by atoms with Gasteiger partial charge in [-0.25, -0.2) is 4.79 Å². The molecule has 0 aromatic heterocycles. The number of aliphatic carboxylic acids is 1. The summed E-state index contributed by atoms with van der Waals surface area (Å²) in [6, 6.07) is 7.90. The highest BCUT2D eigenvalue weighted by atomic mass is 16.4. The lowest BCUT2D eigenvalue weighted by molar-refractivity contribution is -0.143. The van der Waals surface area contributed by atoms with Crippen molar-refractivity contribution < 1.29 is 14.7 Å². The molecule has 1 fully saturated rings. The summed E-state index contributed by atoms with van der Waals surface area (Å²) in [5.41, 5.74) is 0.612. The van der Waals surface area contributed by atoms with Crippen molar-refractivity contribution in [3.05, 3.63) is 35.9 Å². The first kappa shape index (κ1) is 15.5. The largest absolute Gasteiger partial charge is 0.479 e. The van der Waals surface area contributed by atoms with Crippen LogP contribution in [-0.4, -0.2) is 17.0 Å². The maximum Gasteiger partial charge on any atom is 0.330 e. The summed E-state index contributed by atoms with van der Waals surface area (Å²) >= 11 is 0. The molecule has 1 aromatic carbocycles. The minimum Gasteiger partial charge on any atom is -0.479 e. The molecule has 0 radical (unpaired) electrons. The molecule has 0 saturated heterocycles. The number of carbonyl (C=O) groups excluding carboxylic acids is 1. The molecule has 1 amide bonds. The van der Waals surface area contributed by atoms with E-state index in [4.69, 9.17) is 0 Å². The van der Waals surface area contributed by atoms with Gasteiger partial charge in [-0.15, -0.1) is 0 Å². The summed E-state index contributed by atoms with van der Waals surface area (Å²) < 4.78 is 0. The van der Waals surface area contributed by atoms with Gasteiger partial charge in [-0.1, -0.05) is 43.7 Å². The van der Waals surface area contributed by atoms with E-state index in [-0.39, 0.29) is 11.8 Å². The van der Waals surface area contributed by atoms with Crippen LogP contribution in [0.5, 0.6) is 0 Å². The summed E-state index contributed by atoms with van der Waals surface area (Å²) in [4.78, 5) is 23.7. The van der Waals surface area contributed by atoms with Crippen molar-refractivity contribution in [3.63, 3.8) is 0 Å². The Kier molecular flexibility index (Phi) is 5.37. The van der Waals surface area contributed by atoms with E-state index in [0.717, 1.165) is 38.0 Å². The second-order valence-corrected chi connectivity index (χ2v) is 5.82. The number of benzene rings is 1. The third-order valence-corrected chi connectivity index (χ3v) is 4.46. The fourth-order valence-electron chi connectivity index (χ4n) is 3.03. The number of carbonyl (C=O) groups is 2. The lowest BCUT2D eigenvalue weighted by atomic mass is 9.80. The summed E-state index contributed by atoms with van der Waals surface area (Å²) in [7, 11) is 0. The molecule has 1 atom stereocenters. The van der Waals surface area contributed by atoms with Crippen molar-refractivity contribution in [3.8, 4) is 0 Å². The Balaban J connectivity index is 1.98. The van der Waals surface area contributed by atoms with Crippen LogP contribution >= 0.6 is 0 Å². The normalized spacial score (nSPS) is 23.3. The van der Waals surface area contributed by atoms with E-state index >= 15 is 0 Å². The molecule has 4 nitrogen and oxygen atoms in total. The molecule has 1 saturated carbocycles. The summed E-state index contributed by atoms with van der Waals surface area (Å²) in [6.07, 6.45) is 5.03. The fraction of sp³-hybridized carbons (Fsp3) is 0.529. The summed E-state index contributed by atoms with van der Waals surface area (Å²) in [6.45, 7) is 2.18. The standard InChI is InChI=1S/C17H23NO3/c1-2-12-8-10-14(11-9-12)16(19)18-15(17(20)21)13-6-4-3-5-7-13/h3-7,12,14-15H,2,8-11H2,1H3,(H,18,19)(H,20,21)/t12?,14?,15-/m0/s1. The van der Waals surface area contributed by atoms with E-state index in [2.05, 4.69) is 12.2 Å². The van der Waals surface area contributed by atoms with E-state index in [0.29, 0.717) is 5.56 Å². The number of rotatable bonds is 5. The third kappa shape index (κ3) is 4.06. The number of amides is 1. The van der Waals surface area contributed by atoms with Gasteiger partial charge in [0.15, 0.2) is 6.04 Å². The van der Waals surface area contributed by atoms with Gasteiger partial charge in [-0.05, 0) is 37.2 Å². The van der Waals surface area contributed by atoms with Gasteiger partial charge in [0.2, 0.25) is 5.91 Å². The minimum atomic E-state index is -1.02. The molecule has 1 aromatic rings. The molecule has 0 heterocycles. The van der Waals surface area contributed by atoms with Gasteiger partial charge in [0.25, 0.3) is 0 Å². The molecule has 4 heteroatoms. The number of nitrogens with one attached hydrogen (secondary N) is 1. The highest BCUT2D eigenvalue weighted by Crippen LogP contribution is 2.31. The van der Waals surface area contributed by atoms with Gasteiger partial charge in [-0.2, -0.15) is 0 Å². The Morgan fingerprint density at radius 1 is 1.19 bits per heavy atom. The van der Waals surface area contributed by atoms with E-state index in [1.807, 2.05) is 6.07 Å². The van der Waals surface area contributed by atoms with E-state index in [1.54, 1.807) is 24.3 Å². The van der Waals surface area contributed by atoms with Crippen molar-refractivity contribution in [2.75, 3.05) is 0 Å². The second kappa shape index (κ2) is 7.25. The number of hydrogen-bond acceptors (Lipinski definition) is 2. The molecule has 0 spiro atoms. The van der Waals surface area contributed by atoms with Crippen molar-refractivity contribution >= 4 is 11.9 Å². The predicted octanol–water partition coefficient (Wildman–Crippen LogP) is 3.14. The first-order valence-corrected chi connectivity index (χ1v) is 7.70. The Morgan fingerprint density at radius 2 is 1.81 bits per heavy atom. The molecular weight excluding hydrogens is 266 g/mol. The third-order valence-electron chi connectivity index (χ3n) is 4.46. The Bertz CT molecular complexity index is 478. The van der Waals surface area contributed by atoms with Gasteiger partial charge in [0, 0.05) is 5.92 Å². The van der Waals surface area contributed by atoms with E-state index in [1.165, 1.54) is 0 Å². The van der Waals surface area contributed by atoms with E-state index in [9.17, 15) is 14.7 Å². The van der Waals surface area contributed by atoms with Crippen LogP contribution in [0.15, 0.2) is 30.3 Å². The Hall–Kier alpha value is -1.84. The van der Waals surface area contributed by atoms with Gasteiger partial charge in [0.05, 0.1) is 0 Å². The average molecular weight is 289 g/mol. The fourth-order valence-corrected chi connectivity index (χ4v) is 3.03. The Labute approximate surface area is 125 Å². The van der Waals surface area contributed by atoms with Crippen LogP contribution in [-0.2, 0) is 9.59 Å². The topological polar surface area (TPSA) is 66.4 Å². The molecular formula is C17H23NO3. The molecule has 2 rings (SSSR count). The van der Waals surface area contributed by atoms with Crippen LogP contribution in [0.3, 0.4) is 0 Å². The lowest BCUT2D eigenvalue weighted by Gasteiger charge is -2.28. The van der Waals surface area contributed by atoms with Crippen LogP contribution in [0.2, 0.25) is 0 Å². The van der Waals surface area contributed by atoms with Crippen molar-refractivity contribution in [1.29, 1.82) is 0 Å². The molecule has 2 N–H and O–H groups in total. The number of carboxylic acids is 1. The van der Waals surface area contributed by atoms with E-state index < -0.39 is 12.0 Å².